The van der Waals surface area contributed by atoms with Gasteiger partial charge in [0.2, 0.25) is 5.91 Å². The molecule has 0 saturated heterocycles. The molecule has 0 aliphatic heterocycles. The van der Waals surface area contributed by atoms with Crippen LogP contribution in [0, 0.1) is 0 Å². The van der Waals surface area contributed by atoms with Crippen molar-refractivity contribution in [1.82, 2.24) is 5.32 Å². The Morgan fingerprint density at radius 1 is 1.05 bits per heavy atom. The molecule has 2 atom stereocenters. The average molecular weight is 290 g/mol. The van der Waals surface area contributed by atoms with E-state index in [2.05, 4.69) is 5.32 Å². The lowest BCUT2D eigenvalue weighted by Crippen LogP contribution is -2.36. The molecule has 0 fully saturated rings. The lowest BCUT2D eigenvalue weighted by atomic mass is 9.98. The van der Waals surface area contributed by atoms with Crippen molar-refractivity contribution in [2.45, 2.75) is 19.1 Å². The van der Waals surface area contributed by atoms with Gasteiger partial charge in [0, 0.05) is 5.02 Å². The summed E-state index contributed by atoms with van der Waals surface area (Å²) in [5, 5.41) is 12.9. The van der Waals surface area contributed by atoms with Gasteiger partial charge in [-0.2, -0.15) is 0 Å². The number of carbonyl (C=O) groups excluding carboxylic acids is 1. The van der Waals surface area contributed by atoms with Crippen LogP contribution in [0.3, 0.4) is 0 Å². The van der Waals surface area contributed by atoms with Crippen molar-refractivity contribution in [2.75, 3.05) is 0 Å². The Bertz CT molecular complexity index is 567. The van der Waals surface area contributed by atoms with Crippen LogP contribution in [0.5, 0.6) is 0 Å². The minimum absolute atomic E-state index is 0.310. The highest BCUT2D eigenvalue weighted by Gasteiger charge is 2.19. The van der Waals surface area contributed by atoms with Crippen molar-refractivity contribution in [1.29, 1.82) is 0 Å². The highest BCUT2D eigenvalue weighted by atomic mass is 35.5. The van der Waals surface area contributed by atoms with Crippen LogP contribution < -0.4 is 5.32 Å². The lowest BCUT2D eigenvalue weighted by Gasteiger charge is -2.20. The maximum absolute atomic E-state index is 11.8. The van der Waals surface area contributed by atoms with Gasteiger partial charge in [-0.1, -0.05) is 54.1 Å². The zero-order chi connectivity index (χ0) is 14.5. The molecule has 0 saturated carbocycles. The number of amides is 1. The Morgan fingerprint density at radius 3 is 2.15 bits per heavy atom. The fraction of sp³-hybridized carbons (Fsp3) is 0.188. The number of rotatable bonds is 4. The minimum Gasteiger partial charge on any atom is -0.384 e. The molecular weight excluding hydrogens is 274 g/mol. The van der Waals surface area contributed by atoms with Crippen LogP contribution in [0.1, 0.15) is 24.1 Å². The number of hydrogen-bond acceptors (Lipinski definition) is 2. The SMILES string of the molecule is CC(O)C(=O)NC(c1ccccc1)c1ccc(Cl)cc1. The van der Waals surface area contributed by atoms with E-state index < -0.39 is 12.0 Å². The molecule has 0 radical (unpaired) electrons. The molecule has 0 spiro atoms. The van der Waals surface area contributed by atoms with Crippen LogP contribution in [-0.2, 0) is 4.79 Å². The first kappa shape index (κ1) is 14.6. The Hall–Kier alpha value is -1.84. The minimum atomic E-state index is -1.05. The molecule has 2 rings (SSSR count). The molecule has 0 bridgehead atoms. The normalized spacial score (nSPS) is 13.6. The summed E-state index contributed by atoms with van der Waals surface area (Å²) < 4.78 is 0. The maximum atomic E-state index is 11.8. The van der Waals surface area contributed by atoms with Crippen molar-refractivity contribution in [3.05, 3.63) is 70.7 Å². The Kier molecular flexibility index (Phi) is 4.77. The van der Waals surface area contributed by atoms with Gasteiger partial charge < -0.3 is 10.4 Å². The van der Waals surface area contributed by atoms with Crippen molar-refractivity contribution in [2.24, 2.45) is 0 Å². The summed E-state index contributed by atoms with van der Waals surface area (Å²) >= 11 is 5.89. The number of aliphatic hydroxyl groups is 1. The van der Waals surface area contributed by atoms with Gasteiger partial charge in [-0.15, -0.1) is 0 Å². The van der Waals surface area contributed by atoms with E-state index >= 15 is 0 Å². The van der Waals surface area contributed by atoms with Gasteiger partial charge in [0.15, 0.2) is 0 Å². The Balaban J connectivity index is 2.34. The van der Waals surface area contributed by atoms with Gasteiger partial charge in [0.1, 0.15) is 6.10 Å². The van der Waals surface area contributed by atoms with E-state index in [-0.39, 0.29) is 6.04 Å². The number of hydrogen-bond donors (Lipinski definition) is 2. The number of aliphatic hydroxyl groups excluding tert-OH is 1. The van der Waals surface area contributed by atoms with Gasteiger partial charge in [-0.3, -0.25) is 4.79 Å². The number of nitrogens with one attached hydrogen (secondary N) is 1. The van der Waals surface area contributed by atoms with Crippen molar-refractivity contribution in [3.8, 4) is 0 Å². The van der Waals surface area contributed by atoms with Crippen LogP contribution in [0.4, 0.5) is 0 Å². The van der Waals surface area contributed by atoms with Crippen LogP contribution in [0.2, 0.25) is 5.02 Å². The molecule has 3 nitrogen and oxygen atoms in total. The molecular formula is C16H16ClNO2. The monoisotopic (exact) mass is 289 g/mol. The Labute approximate surface area is 123 Å². The smallest absolute Gasteiger partial charge is 0.249 e. The van der Waals surface area contributed by atoms with E-state index in [9.17, 15) is 9.90 Å². The molecule has 0 aliphatic rings. The molecule has 4 heteroatoms. The second-order valence-corrected chi connectivity index (χ2v) is 5.02. The van der Waals surface area contributed by atoms with Crippen molar-refractivity contribution >= 4 is 17.5 Å². The van der Waals surface area contributed by atoms with Crippen LogP contribution in [0.15, 0.2) is 54.6 Å². The first-order chi connectivity index (χ1) is 9.58. The summed E-state index contributed by atoms with van der Waals surface area (Å²) in [4.78, 5) is 11.8. The van der Waals surface area contributed by atoms with E-state index in [1.165, 1.54) is 6.92 Å². The second kappa shape index (κ2) is 6.55. The molecule has 2 unspecified atom stereocenters. The van der Waals surface area contributed by atoms with E-state index in [4.69, 9.17) is 11.6 Å². The van der Waals surface area contributed by atoms with E-state index in [1.807, 2.05) is 42.5 Å². The third-order valence-electron chi connectivity index (χ3n) is 3.00. The average Bonchev–Trinajstić information content (AvgIpc) is 2.46. The molecule has 1 amide bonds. The molecule has 0 heterocycles. The summed E-state index contributed by atoms with van der Waals surface area (Å²) in [6.07, 6.45) is -1.05. The maximum Gasteiger partial charge on any atom is 0.249 e. The van der Waals surface area contributed by atoms with Crippen LogP contribution >= 0.6 is 11.6 Å². The van der Waals surface area contributed by atoms with E-state index in [0.717, 1.165) is 11.1 Å². The van der Waals surface area contributed by atoms with Crippen LogP contribution in [0.25, 0.3) is 0 Å². The van der Waals surface area contributed by atoms with Crippen LogP contribution in [-0.4, -0.2) is 17.1 Å². The van der Waals surface area contributed by atoms with Crippen molar-refractivity contribution in [3.63, 3.8) is 0 Å². The first-order valence-corrected chi connectivity index (χ1v) is 6.74. The zero-order valence-electron chi connectivity index (χ0n) is 11.1. The van der Waals surface area contributed by atoms with E-state index in [0.29, 0.717) is 5.02 Å². The fourth-order valence-corrected chi connectivity index (χ4v) is 2.05. The zero-order valence-corrected chi connectivity index (χ0v) is 11.8. The quantitative estimate of drug-likeness (QED) is 0.909. The summed E-state index contributed by atoms with van der Waals surface area (Å²) in [7, 11) is 0. The number of carbonyl (C=O) groups is 1. The van der Waals surface area contributed by atoms with Crippen molar-refractivity contribution < 1.29 is 9.90 Å². The number of halogens is 1. The molecule has 2 aromatic carbocycles. The summed E-state index contributed by atoms with van der Waals surface area (Å²) in [6.45, 7) is 1.44. The highest BCUT2D eigenvalue weighted by molar-refractivity contribution is 6.30. The third kappa shape index (κ3) is 3.59. The predicted molar refractivity (Wildman–Crippen MR) is 79.6 cm³/mol. The van der Waals surface area contributed by atoms with Gasteiger partial charge in [-0.05, 0) is 30.2 Å². The Morgan fingerprint density at radius 2 is 1.60 bits per heavy atom. The van der Waals surface area contributed by atoms with E-state index in [1.54, 1.807) is 12.1 Å². The predicted octanol–water partition coefficient (Wildman–Crippen LogP) is 2.93. The topological polar surface area (TPSA) is 49.3 Å². The molecule has 2 N–H and O–H groups in total. The standard InChI is InChI=1S/C16H16ClNO2/c1-11(19)16(20)18-15(12-5-3-2-4-6-12)13-7-9-14(17)10-8-13/h2-11,15,19H,1H3,(H,18,20). The molecule has 20 heavy (non-hydrogen) atoms. The van der Waals surface area contributed by atoms with Gasteiger partial charge in [0.25, 0.3) is 0 Å². The highest BCUT2D eigenvalue weighted by Crippen LogP contribution is 2.23. The van der Waals surface area contributed by atoms with Gasteiger partial charge in [0.05, 0.1) is 6.04 Å². The molecule has 0 aliphatic carbocycles. The largest absolute Gasteiger partial charge is 0.384 e. The lowest BCUT2D eigenvalue weighted by molar-refractivity contribution is -0.129. The number of benzene rings is 2. The fourth-order valence-electron chi connectivity index (χ4n) is 1.92. The summed E-state index contributed by atoms with van der Waals surface area (Å²) in [5.74, 6) is -0.409. The van der Waals surface area contributed by atoms with Gasteiger partial charge >= 0.3 is 0 Å². The molecule has 104 valence electrons. The van der Waals surface area contributed by atoms with Gasteiger partial charge in [-0.25, -0.2) is 0 Å². The summed E-state index contributed by atoms with van der Waals surface area (Å²) in [5.41, 5.74) is 1.86. The molecule has 0 aromatic heterocycles. The third-order valence-corrected chi connectivity index (χ3v) is 3.25. The second-order valence-electron chi connectivity index (χ2n) is 4.58. The molecule has 2 aromatic rings. The first-order valence-electron chi connectivity index (χ1n) is 6.37. The summed E-state index contributed by atoms with van der Waals surface area (Å²) in [6, 6.07) is 16.6.